The van der Waals surface area contributed by atoms with Crippen LogP contribution in [0.15, 0.2) is 48.2 Å². The third kappa shape index (κ3) is 4.09. The first kappa shape index (κ1) is 18.9. The second-order valence-electron chi connectivity index (χ2n) is 7.04. The molecular formula is C22H25N3O2. The maximum Gasteiger partial charge on any atom is 0.258 e. The fourth-order valence-corrected chi connectivity index (χ4v) is 3.25. The van der Waals surface area contributed by atoms with Crippen molar-refractivity contribution in [3.63, 3.8) is 0 Å². The number of benzene rings is 2. The molecule has 0 unspecified atom stereocenters. The molecular weight excluding hydrogens is 338 g/mol. The molecule has 5 heteroatoms. The highest BCUT2D eigenvalue weighted by atomic mass is 16.2. The summed E-state index contributed by atoms with van der Waals surface area (Å²) >= 11 is 0. The Hall–Kier alpha value is -2.92. The third-order valence-electron chi connectivity index (χ3n) is 4.57. The van der Waals surface area contributed by atoms with Crippen molar-refractivity contribution in [1.29, 1.82) is 0 Å². The molecule has 0 bridgehead atoms. The number of hydrogen-bond donors (Lipinski definition) is 2. The molecule has 0 fully saturated rings. The Morgan fingerprint density at radius 3 is 2.41 bits per heavy atom. The zero-order valence-electron chi connectivity index (χ0n) is 16.2. The summed E-state index contributed by atoms with van der Waals surface area (Å²) in [6.07, 6.45) is 0.673. The van der Waals surface area contributed by atoms with Crippen LogP contribution in [0.25, 0.3) is 5.57 Å². The minimum absolute atomic E-state index is 0.0148. The van der Waals surface area contributed by atoms with Gasteiger partial charge in [-0.25, -0.2) is 0 Å². The quantitative estimate of drug-likeness (QED) is 0.598. The van der Waals surface area contributed by atoms with Crippen molar-refractivity contribution < 1.29 is 9.59 Å². The Kier molecular flexibility index (Phi) is 5.42. The summed E-state index contributed by atoms with van der Waals surface area (Å²) in [4.78, 5) is 26.4. The Bertz CT molecular complexity index is 912. The molecule has 2 aromatic carbocycles. The number of hydrogen-bond acceptors (Lipinski definition) is 4. The van der Waals surface area contributed by atoms with Gasteiger partial charge in [0.05, 0.1) is 5.57 Å². The average Bonchev–Trinajstić information content (AvgIpc) is 2.95. The van der Waals surface area contributed by atoms with Gasteiger partial charge in [0.1, 0.15) is 0 Å². The Morgan fingerprint density at radius 2 is 1.81 bits per heavy atom. The van der Waals surface area contributed by atoms with Gasteiger partial charge in [-0.3, -0.25) is 9.59 Å². The second kappa shape index (κ2) is 7.76. The van der Waals surface area contributed by atoms with Crippen molar-refractivity contribution >= 4 is 28.6 Å². The van der Waals surface area contributed by atoms with Crippen molar-refractivity contribution in [1.82, 2.24) is 4.90 Å². The molecule has 2 N–H and O–H groups in total. The summed E-state index contributed by atoms with van der Waals surface area (Å²) < 4.78 is 0. The van der Waals surface area contributed by atoms with E-state index in [2.05, 4.69) is 27.7 Å². The summed E-state index contributed by atoms with van der Waals surface area (Å²) in [5.41, 5.74) is 5.74. The number of nitrogens with zero attached hydrogens (tertiary/aromatic N) is 1. The van der Waals surface area contributed by atoms with Crippen molar-refractivity contribution in [2.45, 2.75) is 26.8 Å². The monoisotopic (exact) mass is 363 g/mol. The summed E-state index contributed by atoms with van der Waals surface area (Å²) in [7, 11) is 4.08. The van der Waals surface area contributed by atoms with E-state index in [4.69, 9.17) is 0 Å². The van der Waals surface area contributed by atoms with Crippen LogP contribution >= 0.6 is 0 Å². The van der Waals surface area contributed by atoms with Gasteiger partial charge in [0.2, 0.25) is 0 Å². The smallest absolute Gasteiger partial charge is 0.258 e. The minimum atomic E-state index is -0.140. The average molecular weight is 363 g/mol. The standard InChI is InChI=1S/C22H25N3O2/c1-5-19(23-17-9-6-15(7-10-17)13-25(3)4)21-18-12-16(14(2)26)8-11-20(18)24-22(21)27/h6-12,23H,5,13H2,1-4H3,(H,24,27)/b21-19-. The lowest BCUT2D eigenvalue weighted by Gasteiger charge is -2.14. The molecule has 0 saturated heterocycles. The zero-order chi connectivity index (χ0) is 19.6. The number of Topliss-reactive ketones (excluding diaryl/α,β-unsaturated/α-hetero) is 1. The number of carbonyl (C=O) groups is 2. The maximum atomic E-state index is 12.6. The highest BCUT2D eigenvalue weighted by Gasteiger charge is 2.27. The second-order valence-corrected chi connectivity index (χ2v) is 7.04. The molecule has 1 aliphatic heterocycles. The van der Waals surface area contributed by atoms with Crippen LogP contribution in [0.1, 0.15) is 41.8 Å². The van der Waals surface area contributed by atoms with Crippen LogP contribution < -0.4 is 10.6 Å². The molecule has 0 aromatic heterocycles. The van der Waals surface area contributed by atoms with Crippen LogP contribution in [-0.2, 0) is 11.3 Å². The van der Waals surface area contributed by atoms with Crippen LogP contribution in [0.2, 0.25) is 0 Å². The number of amides is 1. The lowest BCUT2D eigenvalue weighted by Crippen LogP contribution is -2.11. The fraction of sp³-hybridized carbons (Fsp3) is 0.273. The molecule has 0 saturated carbocycles. The molecule has 0 spiro atoms. The first-order chi connectivity index (χ1) is 12.9. The van der Waals surface area contributed by atoms with E-state index in [9.17, 15) is 9.59 Å². The van der Waals surface area contributed by atoms with Crippen LogP contribution in [0.4, 0.5) is 11.4 Å². The van der Waals surface area contributed by atoms with E-state index in [1.54, 1.807) is 18.2 Å². The molecule has 0 radical (unpaired) electrons. The SMILES string of the molecule is CC/C(Nc1ccc(CN(C)C)cc1)=C1/C(=O)Nc2ccc(C(C)=O)cc21. The van der Waals surface area contributed by atoms with Gasteiger partial charge < -0.3 is 15.5 Å². The fourth-order valence-electron chi connectivity index (χ4n) is 3.25. The molecule has 140 valence electrons. The summed E-state index contributed by atoms with van der Waals surface area (Å²) in [5, 5.41) is 6.28. The van der Waals surface area contributed by atoms with E-state index < -0.39 is 0 Å². The molecule has 5 nitrogen and oxygen atoms in total. The lowest BCUT2D eigenvalue weighted by atomic mass is 10.00. The molecule has 0 atom stereocenters. The van der Waals surface area contributed by atoms with Gasteiger partial charge in [-0.15, -0.1) is 0 Å². The Balaban J connectivity index is 1.95. The number of carbonyl (C=O) groups excluding carboxylic acids is 2. The third-order valence-corrected chi connectivity index (χ3v) is 4.57. The molecule has 1 heterocycles. The normalized spacial score (nSPS) is 14.8. The van der Waals surface area contributed by atoms with Gasteiger partial charge in [-0.1, -0.05) is 19.1 Å². The highest BCUT2D eigenvalue weighted by molar-refractivity contribution is 6.32. The van der Waals surface area contributed by atoms with E-state index in [1.807, 2.05) is 33.2 Å². The van der Waals surface area contributed by atoms with Gasteiger partial charge in [0.25, 0.3) is 5.91 Å². The van der Waals surface area contributed by atoms with E-state index >= 15 is 0 Å². The molecule has 0 aliphatic carbocycles. The van der Waals surface area contributed by atoms with E-state index in [0.717, 1.165) is 29.2 Å². The van der Waals surface area contributed by atoms with Crippen molar-refractivity contribution in [3.8, 4) is 0 Å². The number of fused-ring (bicyclic) bond motifs is 1. The molecule has 27 heavy (non-hydrogen) atoms. The first-order valence-corrected chi connectivity index (χ1v) is 9.09. The molecule has 1 amide bonds. The predicted molar refractivity (Wildman–Crippen MR) is 110 cm³/mol. The zero-order valence-corrected chi connectivity index (χ0v) is 16.2. The first-order valence-electron chi connectivity index (χ1n) is 9.09. The van der Waals surface area contributed by atoms with Crippen LogP contribution in [0, 0.1) is 0 Å². The Morgan fingerprint density at radius 1 is 1.11 bits per heavy atom. The summed E-state index contributed by atoms with van der Waals surface area (Å²) in [5.74, 6) is -0.154. The van der Waals surface area contributed by atoms with Crippen molar-refractivity contribution in [2.24, 2.45) is 0 Å². The predicted octanol–water partition coefficient (Wildman–Crippen LogP) is 4.14. The van der Waals surface area contributed by atoms with Gasteiger partial charge in [0.15, 0.2) is 5.78 Å². The maximum absolute atomic E-state index is 12.6. The van der Waals surface area contributed by atoms with Gasteiger partial charge in [-0.2, -0.15) is 0 Å². The number of allylic oxidation sites excluding steroid dienone is 1. The molecule has 1 aliphatic rings. The van der Waals surface area contributed by atoms with E-state index in [-0.39, 0.29) is 11.7 Å². The topological polar surface area (TPSA) is 61.4 Å². The van der Waals surface area contributed by atoms with Crippen LogP contribution in [0.3, 0.4) is 0 Å². The minimum Gasteiger partial charge on any atom is -0.358 e. The van der Waals surface area contributed by atoms with Crippen molar-refractivity contribution in [3.05, 3.63) is 64.9 Å². The number of rotatable bonds is 6. The highest BCUT2D eigenvalue weighted by Crippen LogP contribution is 2.35. The molecule has 3 rings (SSSR count). The number of anilines is 2. The number of nitrogens with one attached hydrogen (secondary N) is 2. The Labute approximate surface area is 160 Å². The molecule has 2 aromatic rings. The van der Waals surface area contributed by atoms with E-state index in [0.29, 0.717) is 17.6 Å². The van der Waals surface area contributed by atoms with Crippen LogP contribution in [0.5, 0.6) is 0 Å². The van der Waals surface area contributed by atoms with Crippen molar-refractivity contribution in [2.75, 3.05) is 24.7 Å². The van der Waals surface area contributed by atoms with Gasteiger partial charge in [0, 0.05) is 34.7 Å². The summed E-state index contributed by atoms with van der Waals surface area (Å²) in [6.45, 7) is 4.42. The summed E-state index contributed by atoms with van der Waals surface area (Å²) in [6, 6.07) is 13.5. The largest absolute Gasteiger partial charge is 0.358 e. The van der Waals surface area contributed by atoms with Gasteiger partial charge in [-0.05, 0) is 63.3 Å². The number of ketones is 1. The van der Waals surface area contributed by atoms with E-state index in [1.165, 1.54) is 12.5 Å². The van der Waals surface area contributed by atoms with Crippen LogP contribution in [-0.4, -0.2) is 30.7 Å². The lowest BCUT2D eigenvalue weighted by molar-refractivity contribution is -0.110. The van der Waals surface area contributed by atoms with Gasteiger partial charge >= 0.3 is 0 Å².